The second kappa shape index (κ2) is 7.84. The first-order valence-electron chi connectivity index (χ1n) is 7.94. The molecular weight excluding hydrogens is 313 g/mol. The van der Waals surface area contributed by atoms with Crippen molar-refractivity contribution in [3.63, 3.8) is 0 Å². The molecule has 124 valence electrons. The molecule has 0 bridgehead atoms. The van der Waals surface area contributed by atoms with Gasteiger partial charge in [-0.2, -0.15) is 11.3 Å². The topological polar surface area (TPSA) is 38.2 Å². The number of halogens is 1. The Morgan fingerprint density at radius 1 is 1.39 bits per heavy atom. The number of thiophene rings is 1. The normalized spacial score (nSPS) is 20.8. The summed E-state index contributed by atoms with van der Waals surface area (Å²) in [4.78, 5) is 10.9. The average molecular weight is 335 g/mol. The third-order valence-electron chi connectivity index (χ3n) is 4.23. The van der Waals surface area contributed by atoms with E-state index in [1.54, 1.807) is 24.8 Å². The van der Waals surface area contributed by atoms with Gasteiger partial charge in [0, 0.05) is 26.3 Å². The van der Waals surface area contributed by atoms with Crippen molar-refractivity contribution in [1.82, 2.24) is 9.97 Å². The summed E-state index contributed by atoms with van der Waals surface area (Å²) >= 11 is 1.69. The standard InChI is InChI=1S/C17H22FN3OS/c1-22-10-16-7-17(20-12-19-16)21(9-14-4-5-23-11-14)8-13-2-3-15(18)6-13/h4-5,7,11-13,15H,2-3,6,8-10H2,1H3. The van der Waals surface area contributed by atoms with E-state index in [-0.39, 0.29) is 0 Å². The number of methoxy groups -OCH3 is 1. The van der Waals surface area contributed by atoms with Gasteiger partial charge in [0.05, 0.1) is 12.3 Å². The lowest BCUT2D eigenvalue weighted by Gasteiger charge is -2.26. The van der Waals surface area contributed by atoms with Gasteiger partial charge in [0.1, 0.15) is 18.3 Å². The van der Waals surface area contributed by atoms with Crippen LogP contribution in [-0.4, -0.2) is 29.8 Å². The lowest BCUT2D eigenvalue weighted by Crippen LogP contribution is -2.29. The lowest BCUT2D eigenvalue weighted by atomic mass is 10.1. The van der Waals surface area contributed by atoms with Gasteiger partial charge in [-0.1, -0.05) is 0 Å². The Balaban J connectivity index is 1.77. The Kier molecular flexibility index (Phi) is 5.56. The summed E-state index contributed by atoms with van der Waals surface area (Å²) < 4.78 is 18.7. The third kappa shape index (κ3) is 4.48. The molecule has 0 aromatic carbocycles. The van der Waals surface area contributed by atoms with Gasteiger partial charge in [-0.25, -0.2) is 14.4 Å². The molecule has 2 aromatic rings. The Morgan fingerprint density at radius 2 is 2.30 bits per heavy atom. The van der Waals surface area contributed by atoms with E-state index in [0.29, 0.717) is 25.4 Å². The van der Waals surface area contributed by atoms with Gasteiger partial charge >= 0.3 is 0 Å². The van der Waals surface area contributed by atoms with Gasteiger partial charge < -0.3 is 9.64 Å². The molecular formula is C17H22FN3OS. The molecule has 0 aliphatic heterocycles. The van der Waals surface area contributed by atoms with Crippen molar-refractivity contribution in [2.75, 3.05) is 18.6 Å². The summed E-state index contributed by atoms with van der Waals surface area (Å²) in [6, 6.07) is 4.10. The van der Waals surface area contributed by atoms with Crippen LogP contribution in [0, 0.1) is 5.92 Å². The minimum absolute atomic E-state index is 0.393. The summed E-state index contributed by atoms with van der Waals surface area (Å²) in [5, 5.41) is 4.23. The van der Waals surface area contributed by atoms with Gasteiger partial charge in [-0.3, -0.25) is 0 Å². The lowest BCUT2D eigenvalue weighted by molar-refractivity contribution is 0.181. The first-order chi connectivity index (χ1) is 11.2. The Hall–Kier alpha value is -1.53. The van der Waals surface area contributed by atoms with Gasteiger partial charge in [0.25, 0.3) is 0 Å². The highest BCUT2D eigenvalue weighted by Crippen LogP contribution is 2.30. The first-order valence-corrected chi connectivity index (χ1v) is 8.89. The molecule has 2 heterocycles. The van der Waals surface area contributed by atoms with E-state index >= 15 is 0 Å². The van der Waals surface area contributed by atoms with Crippen molar-refractivity contribution in [3.8, 4) is 0 Å². The summed E-state index contributed by atoms with van der Waals surface area (Å²) in [6.45, 7) is 2.10. The number of hydrogen-bond donors (Lipinski definition) is 0. The van der Waals surface area contributed by atoms with Crippen LogP contribution in [0.15, 0.2) is 29.2 Å². The molecule has 1 fully saturated rings. The van der Waals surface area contributed by atoms with Crippen LogP contribution in [0.5, 0.6) is 0 Å². The first kappa shape index (κ1) is 16.3. The van der Waals surface area contributed by atoms with Crippen LogP contribution >= 0.6 is 11.3 Å². The fourth-order valence-corrected chi connectivity index (χ4v) is 3.78. The average Bonchev–Trinajstić information content (AvgIpc) is 3.19. The summed E-state index contributed by atoms with van der Waals surface area (Å²) in [5.41, 5.74) is 2.12. The van der Waals surface area contributed by atoms with Crippen LogP contribution in [0.4, 0.5) is 10.2 Å². The summed E-state index contributed by atoms with van der Waals surface area (Å²) in [7, 11) is 1.66. The molecule has 2 atom stereocenters. The van der Waals surface area contributed by atoms with Crippen molar-refractivity contribution >= 4 is 17.2 Å². The van der Waals surface area contributed by atoms with Gasteiger partial charge in [-0.05, 0) is 47.6 Å². The van der Waals surface area contributed by atoms with E-state index in [1.165, 1.54) is 5.56 Å². The number of rotatable bonds is 7. The van der Waals surface area contributed by atoms with E-state index in [4.69, 9.17) is 4.74 Å². The number of ether oxygens (including phenoxy) is 1. The van der Waals surface area contributed by atoms with Crippen molar-refractivity contribution < 1.29 is 9.13 Å². The molecule has 0 amide bonds. The maximum Gasteiger partial charge on any atom is 0.132 e. The maximum atomic E-state index is 13.5. The summed E-state index contributed by atoms with van der Waals surface area (Å²) in [6.07, 6.45) is 3.25. The molecule has 2 unspecified atom stereocenters. The van der Waals surface area contributed by atoms with Crippen molar-refractivity contribution in [3.05, 3.63) is 40.5 Å². The molecule has 2 aromatic heterocycles. The number of aromatic nitrogens is 2. The third-order valence-corrected chi connectivity index (χ3v) is 4.97. The van der Waals surface area contributed by atoms with Gasteiger partial charge in [0.15, 0.2) is 0 Å². The monoisotopic (exact) mass is 335 g/mol. The zero-order chi connectivity index (χ0) is 16.1. The van der Waals surface area contributed by atoms with Crippen LogP contribution in [-0.2, 0) is 17.9 Å². The van der Waals surface area contributed by atoms with E-state index in [0.717, 1.165) is 31.0 Å². The van der Waals surface area contributed by atoms with Crippen LogP contribution in [0.3, 0.4) is 0 Å². The fourth-order valence-electron chi connectivity index (χ4n) is 3.12. The molecule has 3 rings (SSSR count). The molecule has 1 aliphatic rings. The number of anilines is 1. The van der Waals surface area contributed by atoms with Crippen molar-refractivity contribution in [1.29, 1.82) is 0 Å². The van der Waals surface area contributed by atoms with Gasteiger partial charge in [0.2, 0.25) is 0 Å². The number of nitrogens with zero attached hydrogens (tertiary/aromatic N) is 3. The van der Waals surface area contributed by atoms with E-state index in [1.807, 2.05) is 6.07 Å². The zero-order valence-electron chi connectivity index (χ0n) is 13.3. The Bertz CT molecular complexity index is 608. The zero-order valence-corrected chi connectivity index (χ0v) is 14.1. The molecule has 1 saturated carbocycles. The van der Waals surface area contributed by atoms with Crippen LogP contribution in [0.2, 0.25) is 0 Å². The molecule has 0 N–H and O–H groups in total. The SMILES string of the molecule is COCc1cc(N(Cc2ccsc2)CC2CCC(F)C2)ncn1. The van der Waals surface area contributed by atoms with Crippen molar-refractivity contribution in [2.45, 2.75) is 38.6 Å². The highest BCUT2D eigenvalue weighted by atomic mass is 32.1. The molecule has 0 radical (unpaired) electrons. The second-order valence-corrected chi connectivity index (χ2v) is 6.87. The molecule has 4 nitrogen and oxygen atoms in total. The Morgan fingerprint density at radius 3 is 3.00 bits per heavy atom. The highest BCUT2D eigenvalue weighted by Gasteiger charge is 2.26. The van der Waals surface area contributed by atoms with E-state index in [9.17, 15) is 4.39 Å². The van der Waals surface area contributed by atoms with E-state index < -0.39 is 6.17 Å². The number of hydrogen-bond acceptors (Lipinski definition) is 5. The fraction of sp³-hybridized carbons (Fsp3) is 0.529. The van der Waals surface area contributed by atoms with Crippen LogP contribution < -0.4 is 4.90 Å². The smallest absolute Gasteiger partial charge is 0.132 e. The summed E-state index contributed by atoms with van der Waals surface area (Å²) in [5.74, 6) is 1.28. The molecule has 6 heteroatoms. The minimum Gasteiger partial charge on any atom is -0.378 e. The van der Waals surface area contributed by atoms with Crippen molar-refractivity contribution in [2.24, 2.45) is 5.92 Å². The molecule has 0 saturated heterocycles. The maximum absolute atomic E-state index is 13.5. The van der Waals surface area contributed by atoms with Crippen LogP contribution in [0.25, 0.3) is 0 Å². The van der Waals surface area contributed by atoms with Crippen LogP contribution in [0.1, 0.15) is 30.5 Å². The predicted molar refractivity (Wildman–Crippen MR) is 90.4 cm³/mol. The predicted octanol–water partition coefficient (Wildman–Crippen LogP) is 3.83. The largest absolute Gasteiger partial charge is 0.378 e. The van der Waals surface area contributed by atoms with E-state index in [2.05, 4.69) is 31.7 Å². The number of alkyl halides is 1. The highest BCUT2D eigenvalue weighted by molar-refractivity contribution is 7.07. The molecule has 0 spiro atoms. The molecule has 23 heavy (non-hydrogen) atoms. The Labute approximate surface area is 140 Å². The minimum atomic E-state index is -0.641. The van der Waals surface area contributed by atoms with Gasteiger partial charge in [-0.15, -0.1) is 0 Å². The molecule has 1 aliphatic carbocycles. The second-order valence-electron chi connectivity index (χ2n) is 6.09. The quantitative estimate of drug-likeness (QED) is 0.771.